The van der Waals surface area contributed by atoms with Crippen LogP contribution in [0.5, 0.6) is 11.5 Å². The Kier molecular flexibility index (Phi) is 9.50. The van der Waals surface area contributed by atoms with E-state index in [1.165, 1.54) is 32.4 Å². The van der Waals surface area contributed by atoms with E-state index in [1.54, 1.807) is 0 Å². The van der Waals surface area contributed by atoms with Crippen molar-refractivity contribution in [2.75, 3.05) is 57.8 Å². The van der Waals surface area contributed by atoms with Gasteiger partial charge in [0.1, 0.15) is 0 Å². The Balaban J connectivity index is 1.34. The summed E-state index contributed by atoms with van der Waals surface area (Å²) in [6.07, 6.45) is 0. The number of rotatable bonds is 6. The van der Waals surface area contributed by atoms with Gasteiger partial charge in [0.2, 0.25) is 23.8 Å². The van der Waals surface area contributed by atoms with E-state index < -0.39 is 11.9 Å². The fourth-order valence-corrected chi connectivity index (χ4v) is 5.10. The summed E-state index contributed by atoms with van der Waals surface area (Å²) in [5.41, 5.74) is 3.45. The van der Waals surface area contributed by atoms with Gasteiger partial charge in [-0.25, -0.2) is 19.6 Å². The second-order valence-corrected chi connectivity index (χ2v) is 10.6. The van der Waals surface area contributed by atoms with Gasteiger partial charge in [0.15, 0.2) is 11.5 Å². The van der Waals surface area contributed by atoms with Crippen LogP contribution in [0.15, 0.2) is 47.5 Å². The highest BCUT2D eigenvalue weighted by Gasteiger charge is 2.23. The molecule has 0 radical (unpaired) electrons. The van der Waals surface area contributed by atoms with Crippen molar-refractivity contribution in [1.29, 1.82) is 0 Å². The van der Waals surface area contributed by atoms with Crippen molar-refractivity contribution in [2.24, 2.45) is 4.99 Å². The summed E-state index contributed by atoms with van der Waals surface area (Å²) >= 11 is 5.60. The van der Waals surface area contributed by atoms with Gasteiger partial charge in [-0.3, -0.25) is 10.2 Å². The van der Waals surface area contributed by atoms with Crippen LogP contribution in [-0.4, -0.2) is 90.0 Å². The highest BCUT2D eigenvalue weighted by molar-refractivity contribution is 7.80. The van der Waals surface area contributed by atoms with Crippen molar-refractivity contribution in [3.8, 4) is 11.5 Å². The van der Waals surface area contributed by atoms with Crippen molar-refractivity contribution >= 4 is 46.9 Å². The summed E-state index contributed by atoms with van der Waals surface area (Å²) in [7, 11) is 2.52. The van der Waals surface area contributed by atoms with E-state index in [0.29, 0.717) is 30.7 Å². The number of piperazine rings is 1. The largest absolute Gasteiger partial charge is 0.465 e. The lowest BCUT2D eigenvalue weighted by atomic mass is 10.1. The fraction of sp³-hybridized carbons (Fsp3) is 0.333. The Labute approximate surface area is 260 Å². The molecule has 0 unspecified atom stereocenters. The van der Waals surface area contributed by atoms with Gasteiger partial charge in [-0.15, -0.1) is 0 Å². The number of esters is 2. The van der Waals surface area contributed by atoms with Crippen LogP contribution >= 0.6 is 12.2 Å². The summed E-state index contributed by atoms with van der Waals surface area (Å²) in [6.45, 7) is 7.66. The van der Waals surface area contributed by atoms with Crippen LogP contribution in [0.25, 0.3) is 0 Å². The molecule has 5 rings (SSSR count). The maximum Gasteiger partial charge on any atom is 0.337 e. The number of nitrogens with one attached hydrogen (secondary N) is 2. The summed E-state index contributed by atoms with van der Waals surface area (Å²) in [6, 6.07) is 12.3. The van der Waals surface area contributed by atoms with Gasteiger partial charge in [-0.1, -0.05) is 6.07 Å². The summed E-state index contributed by atoms with van der Waals surface area (Å²) < 4.78 is 20.6. The minimum atomic E-state index is -0.610. The first-order valence-corrected chi connectivity index (χ1v) is 14.3. The highest BCUT2D eigenvalue weighted by atomic mass is 32.1. The van der Waals surface area contributed by atoms with E-state index in [2.05, 4.69) is 41.5 Å². The molecule has 44 heavy (non-hydrogen) atoms. The van der Waals surface area contributed by atoms with E-state index in [1.807, 2.05) is 32.0 Å². The topological polar surface area (TPSA) is 140 Å². The van der Waals surface area contributed by atoms with E-state index >= 15 is 0 Å². The molecule has 2 aromatic carbocycles. The zero-order valence-corrected chi connectivity index (χ0v) is 25.7. The Morgan fingerprint density at radius 2 is 1.52 bits per heavy atom. The van der Waals surface area contributed by atoms with Crippen molar-refractivity contribution in [2.45, 2.75) is 20.4 Å². The van der Waals surface area contributed by atoms with E-state index in [0.717, 1.165) is 48.1 Å². The molecule has 0 atom stereocenters. The van der Waals surface area contributed by atoms with Crippen LogP contribution in [0.4, 0.5) is 11.6 Å². The van der Waals surface area contributed by atoms with Crippen molar-refractivity contribution in [3.63, 3.8) is 0 Å². The number of carbonyl (C=O) groups excluding carboxylic acids is 2. The number of thiocarbonyl (C=S) groups is 1. The molecule has 2 aliphatic heterocycles. The molecule has 14 heteroatoms. The average molecular weight is 620 g/mol. The molecule has 1 fully saturated rings. The minimum absolute atomic E-state index is 0.0949. The molecule has 0 saturated carbocycles. The van der Waals surface area contributed by atoms with E-state index in [9.17, 15) is 9.59 Å². The second kappa shape index (κ2) is 13.7. The monoisotopic (exact) mass is 619 g/mol. The number of benzene rings is 2. The van der Waals surface area contributed by atoms with Gasteiger partial charge >= 0.3 is 11.9 Å². The first kappa shape index (κ1) is 30.6. The first-order valence-electron chi connectivity index (χ1n) is 13.9. The quantitative estimate of drug-likeness (QED) is 0.181. The molecular weight excluding hydrogens is 586 g/mol. The molecule has 0 spiro atoms. The number of hydrogen-bond acceptors (Lipinski definition) is 10. The maximum atomic E-state index is 12.2. The molecule has 2 N–H and O–H groups in total. The molecule has 0 amide bonds. The van der Waals surface area contributed by atoms with Crippen LogP contribution < -0.4 is 20.1 Å². The van der Waals surface area contributed by atoms with Crippen molar-refractivity contribution in [3.05, 3.63) is 70.5 Å². The molecule has 0 bridgehead atoms. The van der Waals surface area contributed by atoms with Crippen LogP contribution in [0, 0.1) is 13.8 Å². The van der Waals surface area contributed by atoms with Gasteiger partial charge in [0, 0.05) is 49.8 Å². The van der Waals surface area contributed by atoms with Crippen molar-refractivity contribution in [1.82, 2.24) is 19.8 Å². The normalized spacial score (nSPS) is 14.6. The number of aryl methyl sites for hydroxylation is 2. The predicted molar refractivity (Wildman–Crippen MR) is 167 cm³/mol. The smallest absolute Gasteiger partial charge is 0.337 e. The number of anilines is 2. The summed E-state index contributed by atoms with van der Waals surface area (Å²) in [5.74, 6) is 1.18. The number of ether oxygens (including phenoxy) is 4. The lowest BCUT2D eigenvalue weighted by Gasteiger charge is -2.36. The number of aromatic nitrogens is 2. The number of fused-ring (bicyclic) bond motifs is 1. The molecule has 3 aromatic rings. The standard InChI is InChI=1S/C30H33N7O6S/c1-18-11-19(2)32-28(31-18)34-29(35-30(44)33-23-14-21(26(38)40-3)13-22(15-23)27(39)41-4)37-9-7-36(8-10-37)16-20-5-6-24-25(12-20)43-17-42-24/h5-6,11-15H,7-10,16-17H2,1-4H3,(H2,31,32,33,34,35,44). The Morgan fingerprint density at radius 3 is 2.16 bits per heavy atom. The molecule has 0 aliphatic carbocycles. The number of hydrogen-bond donors (Lipinski definition) is 2. The molecule has 1 saturated heterocycles. The molecule has 3 heterocycles. The highest BCUT2D eigenvalue weighted by Crippen LogP contribution is 2.33. The molecular formula is C30H33N7O6S. The third kappa shape index (κ3) is 7.57. The second-order valence-electron chi connectivity index (χ2n) is 10.2. The SMILES string of the molecule is COC(=O)c1cc(NC(=S)/N=C(\Nc2nc(C)cc(C)n2)N2CCN(Cc3ccc4c(c3)OCO4)CC2)cc(C(=O)OC)c1. The van der Waals surface area contributed by atoms with Crippen LogP contribution in [0.3, 0.4) is 0 Å². The number of carbonyl (C=O) groups is 2. The van der Waals surface area contributed by atoms with Crippen LogP contribution in [-0.2, 0) is 16.0 Å². The third-order valence-electron chi connectivity index (χ3n) is 6.95. The first-order chi connectivity index (χ1) is 21.2. The fourth-order valence-electron chi connectivity index (χ4n) is 4.89. The predicted octanol–water partition coefficient (Wildman–Crippen LogP) is 3.38. The Bertz CT molecular complexity index is 1550. The van der Waals surface area contributed by atoms with E-state index in [-0.39, 0.29) is 23.0 Å². The van der Waals surface area contributed by atoms with Crippen molar-refractivity contribution < 1.29 is 28.5 Å². The van der Waals surface area contributed by atoms with Gasteiger partial charge in [0.25, 0.3) is 0 Å². The van der Waals surface area contributed by atoms with Gasteiger partial charge in [-0.05, 0) is 68.0 Å². The molecule has 230 valence electrons. The number of nitrogens with zero attached hydrogens (tertiary/aromatic N) is 5. The lowest BCUT2D eigenvalue weighted by molar-refractivity contribution is 0.0599. The maximum absolute atomic E-state index is 12.2. The molecule has 13 nitrogen and oxygen atoms in total. The molecule has 2 aliphatic rings. The van der Waals surface area contributed by atoms with Crippen LogP contribution in [0.1, 0.15) is 37.7 Å². The van der Waals surface area contributed by atoms with Gasteiger partial charge in [-0.2, -0.15) is 4.99 Å². The number of aliphatic imine (C=N–C) groups is 1. The average Bonchev–Trinajstić information content (AvgIpc) is 3.47. The molecule has 1 aromatic heterocycles. The summed E-state index contributed by atoms with van der Waals surface area (Å²) in [4.78, 5) is 42.6. The van der Waals surface area contributed by atoms with E-state index in [4.69, 9.17) is 31.2 Å². The van der Waals surface area contributed by atoms with Gasteiger partial charge < -0.3 is 29.2 Å². The minimum Gasteiger partial charge on any atom is -0.465 e. The zero-order valence-electron chi connectivity index (χ0n) is 24.9. The zero-order chi connectivity index (χ0) is 31.2. The Hall–Kier alpha value is -4.82. The Morgan fingerprint density at radius 1 is 0.886 bits per heavy atom. The van der Waals surface area contributed by atoms with Gasteiger partial charge in [0.05, 0.1) is 25.3 Å². The lowest BCUT2D eigenvalue weighted by Crippen LogP contribution is -2.50. The summed E-state index contributed by atoms with van der Waals surface area (Å²) in [5, 5.41) is 6.35. The third-order valence-corrected chi connectivity index (χ3v) is 7.15. The number of guanidine groups is 1. The number of methoxy groups -OCH3 is 2. The van der Waals surface area contributed by atoms with Crippen LogP contribution in [0.2, 0.25) is 0 Å².